The first-order chi connectivity index (χ1) is 18.6. The van der Waals surface area contributed by atoms with Crippen molar-refractivity contribution in [2.24, 2.45) is 5.73 Å². The zero-order valence-corrected chi connectivity index (χ0v) is 23.9. The van der Waals surface area contributed by atoms with Gasteiger partial charge in [0.15, 0.2) is 6.10 Å². The fraction of sp³-hybridized carbons (Fsp3) is 0.400. The fourth-order valence-corrected chi connectivity index (χ4v) is 7.14. The summed E-state index contributed by atoms with van der Waals surface area (Å²) in [7, 11) is -1.32. The highest BCUT2D eigenvalue weighted by molar-refractivity contribution is 7.87. The molecule has 3 aromatic rings. The monoisotopic (exact) mass is 592 g/mol. The Hall–Kier alpha value is -2.97. The number of benzene rings is 1. The van der Waals surface area contributed by atoms with Crippen molar-refractivity contribution in [2.45, 2.75) is 18.9 Å². The summed E-state index contributed by atoms with van der Waals surface area (Å²) in [4.78, 5) is 32.2. The Morgan fingerprint density at radius 1 is 1.23 bits per heavy atom. The predicted octanol–water partition coefficient (Wildman–Crippen LogP) is 2.08. The highest BCUT2D eigenvalue weighted by Gasteiger charge is 2.35. The molecule has 3 amide bonds. The Kier molecular flexibility index (Phi) is 7.71. The van der Waals surface area contributed by atoms with Crippen LogP contribution in [0.4, 0.5) is 4.79 Å². The first kappa shape index (κ1) is 27.6. The quantitative estimate of drug-likeness (QED) is 0.428. The second-order valence-corrected chi connectivity index (χ2v) is 13.2. The molecule has 0 saturated carbocycles. The number of rotatable bonds is 7. The SMILES string of the molecule is CN(C)S(=O)(=O)N(CCc1cc2nccc(-c3cc(Cl)cc4c3O[C@@H](C(=O)N3CCNCC3)C4)c2s1)C(N)=O. The molecule has 4 heterocycles. The lowest BCUT2D eigenvalue weighted by molar-refractivity contribution is -0.138. The van der Waals surface area contributed by atoms with Crippen molar-refractivity contribution in [1.29, 1.82) is 0 Å². The highest BCUT2D eigenvalue weighted by atomic mass is 35.5. The molecule has 2 aliphatic rings. The van der Waals surface area contributed by atoms with E-state index < -0.39 is 22.3 Å². The predicted molar refractivity (Wildman–Crippen MR) is 150 cm³/mol. The van der Waals surface area contributed by atoms with Crippen LogP contribution in [0.2, 0.25) is 5.02 Å². The number of hydrogen-bond donors (Lipinski definition) is 2. The van der Waals surface area contributed by atoms with Gasteiger partial charge in [-0.3, -0.25) is 9.78 Å². The minimum atomic E-state index is -4.01. The number of urea groups is 1. The number of carbonyl (C=O) groups is 2. The number of fused-ring (bicyclic) bond motifs is 2. The molecule has 0 radical (unpaired) electrons. The highest BCUT2D eigenvalue weighted by Crippen LogP contribution is 2.44. The number of nitrogens with two attached hydrogens (primary N) is 1. The summed E-state index contributed by atoms with van der Waals surface area (Å²) in [5.41, 5.74) is 8.56. The molecule has 0 bridgehead atoms. The van der Waals surface area contributed by atoms with Crippen LogP contribution in [0, 0.1) is 0 Å². The van der Waals surface area contributed by atoms with Gasteiger partial charge in [-0.05, 0) is 24.3 Å². The van der Waals surface area contributed by atoms with Crippen LogP contribution < -0.4 is 15.8 Å². The third kappa shape index (κ3) is 5.41. The lowest BCUT2D eigenvalue weighted by Crippen LogP contribution is -2.50. The first-order valence-electron chi connectivity index (χ1n) is 12.4. The van der Waals surface area contributed by atoms with Crippen molar-refractivity contribution in [2.75, 3.05) is 46.8 Å². The average molecular weight is 593 g/mol. The van der Waals surface area contributed by atoms with Crippen LogP contribution in [0.3, 0.4) is 0 Å². The van der Waals surface area contributed by atoms with E-state index >= 15 is 0 Å². The maximum absolute atomic E-state index is 13.2. The third-order valence-corrected chi connectivity index (χ3v) is 10.1. The second-order valence-electron chi connectivity index (χ2n) is 9.56. The van der Waals surface area contributed by atoms with Gasteiger partial charge in [-0.25, -0.2) is 9.10 Å². The summed E-state index contributed by atoms with van der Waals surface area (Å²) < 4.78 is 33.7. The number of hydrogen-bond acceptors (Lipinski definition) is 8. The fourth-order valence-electron chi connectivity index (χ4n) is 4.82. The van der Waals surface area contributed by atoms with E-state index in [9.17, 15) is 18.0 Å². The van der Waals surface area contributed by atoms with Crippen LogP contribution in [0.25, 0.3) is 21.3 Å². The zero-order valence-electron chi connectivity index (χ0n) is 21.5. The molecule has 1 saturated heterocycles. The molecule has 208 valence electrons. The van der Waals surface area contributed by atoms with Gasteiger partial charge in [0.2, 0.25) is 0 Å². The van der Waals surface area contributed by atoms with E-state index in [1.807, 2.05) is 29.2 Å². The Bertz CT molecular complexity index is 1540. The summed E-state index contributed by atoms with van der Waals surface area (Å²) >= 11 is 7.95. The maximum atomic E-state index is 13.2. The smallest absolute Gasteiger partial charge is 0.329 e. The van der Waals surface area contributed by atoms with E-state index in [2.05, 4.69) is 10.3 Å². The number of thiophene rings is 1. The van der Waals surface area contributed by atoms with Gasteiger partial charge in [0.1, 0.15) is 5.75 Å². The lowest BCUT2D eigenvalue weighted by atomic mass is 10.0. The minimum Gasteiger partial charge on any atom is -0.479 e. The molecule has 1 fully saturated rings. The standard InChI is InChI=1S/C25H29ClN6O5S2/c1-30(2)39(35,36)32(25(27)34)8-4-17-14-20-23(38-17)18(3-5-29-20)19-13-16(26)11-15-12-21(37-22(15)19)24(33)31-9-6-28-7-10-31/h3,5,11,13-14,21,28H,4,6-10,12H2,1-2H3,(H2,27,34)/t21-/m1/s1. The summed E-state index contributed by atoms with van der Waals surface area (Å²) in [6, 6.07) is 6.36. The van der Waals surface area contributed by atoms with Crippen molar-refractivity contribution in [3.8, 4) is 16.9 Å². The van der Waals surface area contributed by atoms with Gasteiger partial charge in [0.05, 0.1) is 10.2 Å². The summed E-state index contributed by atoms with van der Waals surface area (Å²) in [5, 5.41) is 3.79. The van der Waals surface area contributed by atoms with E-state index in [4.69, 9.17) is 22.1 Å². The maximum Gasteiger partial charge on any atom is 0.329 e. The molecule has 2 aromatic heterocycles. The van der Waals surface area contributed by atoms with Crippen molar-refractivity contribution in [3.63, 3.8) is 0 Å². The number of nitrogens with zero attached hydrogens (tertiary/aromatic N) is 4. The number of piperazine rings is 1. The molecule has 1 aromatic carbocycles. The molecule has 0 unspecified atom stereocenters. The number of nitrogens with one attached hydrogen (secondary N) is 1. The molecule has 0 aliphatic carbocycles. The topological polar surface area (TPSA) is 138 Å². The van der Waals surface area contributed by atoms with Gasteiger partial charge < -0.3 is 20.7 Å². The average Bonchev–Trinajstić information content (AvgIpc) is 3.52. The minimum absolute atomic E-state index is 0.0280. The normalized spacial score (nSPS) is 17.3. The third-order valence-electron chi connectivity index (χ3n) is 6.80. The van der Waals surface area contributed by atoms with Crippen molar-refractivity contribution < 1.29 is 22.7 Å². The Morgan fingerprint density at radius 2 is 1.97 bits per heavy atom. The number of halogens is 1. The number of pyridine rings is 1. The molecule has 0 spiro atoms. The number of carbonyl (C=O) groups excluding carboxylic acids is 2. The van der Waals surface area contributed by atoms with Gasteiger partial charge in [-0.2, -0.15) is 12.7 Å². The summed E-state index contributed by atoms with van der Waals surface area (Å²) in [6.45, 7) is 2.71. The number of primary amides is 1. The Labute approximate surface area is 235 Å². The first-order valence-corrected chi connectivity index (χ1v) is 15.0. The van der Waals surface area contributed by atoms with Crippen molar-refractivity contribution >= 4 is 55.3 Å². The molecule has 11 nitrogen and oxygen atoms in total. The van der Waals surface area contributed by atoms with Gasteiger partial charge in [-0.1, -0.05) is 11.6 Å². The van der Waals surface area contributed by atoms with E-state index in [0.29, 0.717) is 40.1 Å². The molecule has 3 N–H and O–H groups in total. The van der Waals surface area contributed by atoms with E-state index in [-0.39, 0.29) is 18.9 Å². The zero-order chi connectivity index (χ0) is 27.9. The van der Waals surface area contributed by atoms with E-state index in [1.165, 1.54) is 25.4 Å². The van der Waals surface area contributed by atoms with Gasteiger partial charge in [-0.15, -0.1) is 11.3 Å². The Balaban J connectivity index is 1.44. The van der Waals surface area contributed by atoms with Gasteiger partial charge >= 0.3 is 16.2 Å². The molecule has 5 rings (SSSR count). The van der Waals surface area contributed by atoms with Crippen LogP contribution >= 0.6 is 22.9 Å². The van der Waals surface area contributed by atoms with Gasteiger partial charge in [0.25, 0.3) is 5.91 Å². The van der Waals surface area contributed by atoms with Crippen LogP contribution in [0.1, 0.15) is 10.4 Å². The van der Waals surface area contributed by atoms with Crippen LogP contribution in [0.15, 0.2) is 30.5 Å². The largest absolute Gasteiger partial charge is 0.479 e. The number of aromatic nitrogens is 1. The van der Waals surface area contributed by atoms with Gasteiger partial charge in [0, 0.05) is 92.4 Å². The second kappa shape index (κ2) is 10.9. The Morgan fingerprint density at radius 3 is 2.67 bits per heavy atom. The molecule has 1 atom stereocenters. The van der Waals surface area contributed by atoms with Crippen LogP contribution in [-0.2, 0) is 27.8 Å². The van der Waals surface area contributed by atoms with Crippen LogP contribution in [0.5, 0.6) is 5.75 Å². The van der Waals surface area contributed by atoms with E-state index in [0.717, 1.165) is 43.7 Å². The lowest BCUT2D eigenvalue weighted by Gasteiger charge is -2.29. The molecule has 14 heteroatoms. The summed E-state index contributed by atoms with van der Waals surface area (Å²) in [5.74, 6) is 0.604. The van der Waals surface area contributed by atoms with Crippen molar-refractivity contribution in [1.82, 2.24) is 23.8 Å². The van der Waals surface area contributed by atoms with Crippen LogP contribution in [-0.4, -0.2) is 91.8 Å². The molecular weight excluding hydrogens is 564 g/mol. The summed E-state index contributed by atoms with van der Waals surface area (Å²) in [6.07, 6.45) is 1.79. The van der Waals surface area contributed by atoms with E-state index in [1.54, 1.807) is 6.20 Å². The van der Waals surface area contributed by atoms with Crippen molar-refractivity contribution in [3.05, 3.63) is 45.9 Å². The number of ether oxygens (including phenoxy) is 1. The molecule has 2 aliphatic heterocycles. The molecule has 39 heavy (non-hydrogen) atoms. The molecular formula is C25H29ClN6O5S2. The number of amides is 3.